The average Bonchev–Trinajstić information content (AvgIpc) is 3.34. The number of carbonyl (C=O) groups excluding carboxylic acids is 1. The van der Waals surface area contributed by atoms with Crippen LogP contribution in [0.3, 0.4) is 0 Å². The molecule has 0 N–H and O–H groups in total. The monoisotopic (exact) mass is 463 g/mol. The van der Waals surface area contributed by atoms with Crippen molar-refractivity contribution in [2.24, 2.45) is 0 Å². The van der Waals surface area contributed by atoms with Crippen LogP contribution < -0.4 is 4.74 Å². The molecule has 9 heteroatoms. The van der Waals surface area contributed by atoms with Crippen LogP contribution in [0.25, 0.3) is 28.3 Å². The Hall–Kier alpha value is -4.17. The maximum Gasteiger partial charge on any atom is 0.341 e. The van der Waals surface area contributed by atoms with Crippen LogP contribution in [0, 0.1) is 0 Å². The molecule has 0 saturated heterocycles. The van der Waals surface area contributed by atoms with Crippen molar-refractivity contribution in [3.8, 4) is 34.3 Å². The Morgan fingerprint density at radius 2 is 1.79 bits per heavy atom. The van der Waals surface area contributed by atoms with Gasteiger partial charge in [0.2, 0.25) is 5.88 Å². The van der Waals surface area contributed by atoms with Crippen molar-refractivity contribution in [1.29, 1.82) is 0 Å². The molecule has 0 aliphatic rings. The van der Waals surface area contributed by atoms with Crippen molar-refractivity contribution in [2.75, 3.05) is 14.2 Å². The number of ether oxygens (including phenoxy) is 3. The van der Waals surface area contributed by atoms with Crippen LogP contribution >= 0.6 is 11.6 Å². The first-order valence-electron chi connectivity index (χ1n) is 9.72. The van der Waals surface area contributed by atoms with Crippen molar-refractivity contribution < 1.29 is 23.5 Å². The molecule has 2 heterocycles. The van der Waals surface area contributed by atoms with E-state index in [4.69, 9.17) is 30.3 Å². The molecule has 0 fully saturated rings. The van der Waals surface area contributed by atoms with E-state index in [-0.39, 0.29) is 5.57 Å². The molecular weight excluding hydrogens is 446 g/mol. The van der Waals surface area contributed by atoms with Gasteiger partial charge >= 0.3 is 5.97 Å². The third-order valence-corrected chi connectivity index (χ3v) is 4.83. The summed E-state index contributed by atoms with van der Waals surface area (Å²) in [5.74, 6) is 0.777. The summed E-state index contributed by atoms with van der Waals surface area (Å²) in [6.45, 7) is 0. The van der Waals surface area contributed by atoms with Crippen molar-refractivity contribution in [3.63, 3.8) is 0 Å². The van der Waals surface area contributed by atoms with E-state index < -0.39 is 5.97 Å². The molecule has 0 bridgehead atoms. The molecule has 4 rings (SSSR count). The number of hydrogen-bond donors (Lipinski definition) is 0. The normalized spacial score (nSPS) is 11.2. The van der Waals surface area contributed by atoms with Crippen molar-refractivity contribution in [3.05, 3.63) is 83.8 Å². The van der Waals surface area contributed by atoms with Crippen molar-refractivity contribution in [2.45, 2.75) is 0 Å². The largest absolute Gasteiger partial charge is 0.503 e. The van der Waals surface area contributed by atoms with Gasteiger partial charge in [-0.25, -0.2) is 14.8 Å². The Labute approximate surface area is 194 Å². The van der Waals surface area contributed by atoms with Gasteiger partial charge in [-0.3, -0.25) is 0 Å². The number of methoxy groups -OCH3 is 2. The molecule has 0 spiro atoms. The molecule has 0 unspecified atom stereocenters. The number of esters is 1. The van der Waals surface area contributed by atoms with Crippen LogP contribution in [-0.4, -0.2) is 35.3 Å². The quantitative estimate of drug-likeness (QED) is 0.204. The summed E-state index contributed by atoms with van der Waals surface area (Å²) in [5, 5.41) is 4.77. The van der Waals surface area contributed by atoms with Gasteiger partial charge in [-0.1, -0.05) is 41.0 Å². The predicted octanol–water partition coefficient (Wildman–Crippen LogP) is 5.40. The van der Waals surface area contributed by atoms with Crippen LogP contribution in [0.5, 0.6) is 11.6 Å². The zero-order valence-corrected chi connectivity index (χ0v) is 18.4. The number of halogens is 1. The van der Waals surface area contributed by atoms with Crippen LogP contribution in [0.1, 0.15) is 5.56 Å². The van der Waals surface area contributed by atoms with Gasteiger partial charge in [0.1, 0.15) is 29.0 Å². The highest BCUT2D eigenvalue weighted by atomic mass is 35.5. The minimum Gasteiger partial charge on any atom is -0.503 e. The van der Waals surface area contributed by atoms with Crippen LogP contribution in [0.4, 0.5) is 0 Å². The lowest BCUT2D eigenvalue weighted by Gasteiger charge is -2.09. The molecule has 0 atom stereocenters. The van der Waals surface area contributed by atoms with E-state index in [0.717, 1.165) is 0 Å². The molecule has 0 radical (unpaired) electrons. The molecule has 33 heavy (non-hydrogen) atoms. The first-order valence-corrected chi connectivity index (χ1v) is 10.1. The first-order chi connectivity index (χ1) is 16.1. The van der Waals surface area contributed by atoms with E-state index in [1.807, 2.05) is 12.1 Å². The number of rotatable bonds is 7. The third-order valence-electron chi connectivity index (χ3n) is 4.57. The average molecular weight is 464 g/mol. The maximum absolute atomic E-state index is 12.3. The van der Waals surface area contributed by atoms with Gasteiger partial charge in [-0.15, -0.1) is 0 Å². The second kappa shape index (κ2) is 9.97. The number of carbonyl (C=O) groups is 1. The van der Waals surface area contributed by atoms with E-state index in [0.29, 0.717) is 44.9 Å². The predicted molar refractivity (Wildman–Crippen MR) is 121 cm³/mol. The van der Waals surface area contributed by atoms with Crippen LogP contribution in [-0.2, 0) is 14.3 Å². The molecule has 2 aromatic carbocycles. The summed E-state index contributed by atoms with van der Waals surface area (Å²) in [6.07, 6.45) is 2.70. The summed E-state index contributed by atoms with van der Waals surface area (Å²) in [7, 11) is 2.76. The highest BCUT2D eigenvalue weighted by molar-refractivity contribution is 6.30. The Kier molecular flexibility index (Phi) is 6.66. The molecule has 0 saturated carbocycles. The molecule has 8 nitrogen and oxygen atoms in total. The fraction of sp³-hybridized carbons (Fsp3) is 0.0833. The van der Waals surface area contributed by atoms with E-state index in [1.54, 1.807) is 48.5 Å². The van der Waals surface area contributed by atoms with E-state index in [2.05, 4.69) is 15.1 Å². The van der Waals surface area contributed by atoms with Gasteiger partial charge in [0, 0.05) is 28.3 Å². The standard InChI is InChI=1S/C24H18ClN3O5/c1-30-13-19(24(29)31-2)17-5-3-4-6-18(17)20-11-22(33-28-20)21-12-23(27-14-26-21)32-16-9-7-15(25)8-10-16/h3-14H,1-2H3. The van der Waals surface area contributed by atoms with Crippen molar-refractivity contribution in [1.82, 2.24) is 15.1 Å². The molecule has 0 aliphatic heterocycles. The van der Waals surface area contributed by atoms with Gasteiger partial charge < -0.3 is 18.7 Å². The molecule has 2 aromatic heterocycles. The molecule has 0 aliphatic carbocycles. The minimum atomic E-state index is -0.534. The summed E-state index contributed by atoms with van der Waals surface area (Å²) in [6, 6.07) is 17.5. The topological polar surface area (TPSA) is 96.6 Å². The Morgan fingerprint density at radius 1 is 1.00 bits per heavy atom. The Morgan fingerprint density at radius 3 is 2.55 bits per heavy atom. The van der Waals surface area contributed by atoms with E-state index in [1.165, 1.54) is 26.8 Å². The fourth-order valence-electron chi connectivity index (χ4n) is 3.07. The van der Waals surface area contributed by atoms with Gasteiger partial charge in [0.05, 0.1) is 20.5 Å². The summed E-state index contributed by atoms with van der Waals surface area (Å²) >= 11 is 5.91. The lowest BCUT2D eigenvalue weighted by Crippen LogP contribution is -2.05. The molecular formula is C24H18ClN3O5. The summed E-state index contributed by atoms with van der Waals surface area (Å²) in [4.78, 5) is 20.6. The summed E-state index contributed by atoms with van der Waals surface area (Å²) in [5.41, 5.74) is 2.48. The maximum atomic E-state index is 12.3. The highest BCUT2D eigenvalue weighted by Crippen LogP contribution is 2.32. The van der Waals surface area contributed by atoms with E-state index >= 15 is 0 Å². The number of hydrogen-bond acceptors (Lipinski definition) is 8. The van der Waals surface area contributed by atoms with Crippen LogP contribution in [0.2, 0.25) is 5.02 Å². The number of benzene rings is 2. The van der Waals surface area contributed by atoms with Gasteiger partial charge in [0.25, 0.3) is 0 Å². The zero-order chi connectivity index (χ0) is 23.2. The SMILES string of the molecule is COC=C(C(=O)OC)c1ccccc1-c1cc(-c2cc(Oc3ccc(Cl)cc3)ncn2)on1. The van der Waals surface area contributed by atoms with Gasteiger partial charge in [-0.05, 0) is 24.3 Å². The minimum absolute atomic E-state index is 0.251. The highest BCUT2D eigenvalue weighted by Gasteiger charge is 2.20. The second-order valence-corrected chi connectivity index (χ2v) is 7.11. The molecule has 4 aromatic rings. The Bertz CT molecular complexity index is 1300. The number of nitrogens with zero attached hydrogens (tertiary/aromatic N) is 3. The fourth-order valence-corrected chi connectivity index (χ4v) is 3.19. The van der Waals surface area contributed by atoms with Crippen LogP contribution in [0.15, 0.2) is 77.8 Å². The molecule has 166 valence electrons. The van der Waals surface area contributed by atoms with Crippen molar-refractivity contribution >= 4 is 23.1 Å². The summed E-state index contributed by atoms with van der Waals surface area (Å²) < 4.78 is 21.2. The smallest absolute Gasteiger partial charge is 0.341 e. The number of aromatic nitrogens is 3. The zero-order valence-electron chi connectivity index (χ0n) is 17.7. The Balaban J connectivity index is 1.65. The second-order valence-electron chi connectivity index (χ2n) is 6.68. The van der Waals surface area contributed by atoms with E-state index in [9.17, 15) is 4.79 Å². The molecule has 0 amide bonds. The van der Waals surface area contributed by atoms with Gasteiger partial charge in [-0.2, -0.15) is 0 Å². The first kappa shape index (κ1) is 22.0. The lowest BCUT2D eigenvalue weighted by molar-refractivity contribution is -0.133. The lowest BCUT2D eigenvalue weighted by atomic mass is 9.98. The third kappa shape index (κ3) is 5.02. The van der Waals surface area contributed by atoms with Gasteiger partial charge in [0.15, 0.2) is 5.76 Å².